The van der Waals surface area contributed by atoms with E-state index in [4.69, 9.17) is 5.11 Å². The summed E-state index contributed by atoms with van der Waals surface area (Å²) in [5.41, 5.74) is 0.509. The summed E-state index contributed by atoms with van der Waals surface area (Å²) < 4.78 is 0. The molecule has 0 spiro atoms. The van der Waals surface area contributed by atoms with Crippen LogP contribution in [0.1, 0.15) is 35.8 Å². The molecule has 0 amide bonds. The molecule has 1 aromatic heterocycles. The van der Waals surface area contributed by atoms with Crippen LogP contribution in [0.3, 0.4) is 0 Å². The molecule has 0 saturated heterocycles. The van der Waals surface area contributed by atoms with Crippen LogP contribution in [0.15, 0.2) is 30.5 Å². The standard InChI is InChI=1S/C14H13N3O4/c1-8(2)12-10(14(18)19)7-15-13(16-12)9-5-3-4-6-11(9)17(20)21/h3-8H,1-2H3,(H,18,19). The summed E-state index contributed by atoms with van der Waals surface area (Å²) in [4.78, 5) is 29.9. The van der Waals surface area contributed by atoms with Gasteiger partial charge in [0.05, 0.1) is 21.7 Å². The first kappa shape index (κ1) is 14.6. The minimum atomic E-state index is -1.12. The highest BCUT2D eigenvalue weighted by Gasteiger charge is 2.21. The van der Waals surface area contributed by atoms with Crippen LogP contribution in [0.2, 0.25) is 0 Å². The molecule has 0 atom stereocenters. The average Bonchev–Trinajstić information content (AvgIpc) is 2.46. The Labute approximate surface area is 120 Å². The lowest BCUT2D eigenvalue weighted by Crippen LogP contribution is -2.09. The third-order valence-corrected chi connectivity index (χ3v) is 2.94. The Morgan fingerprint density at radius 1 is 1.33 bits per heavy atom. The fraction of sp³-hybridized carbons (Fsp3) is 0.214. The molecule has 0 radical (unpaired) electrons. The zero-order chi connectivity index (χ0) is 15.6. The number of carbonyl (C=O) groups is 1. The number of nitro groups is 1. The number of hydrogen-bond donors (Lipinski definition) is 1. The molecule has 7 heteroatoms. The second kappa shape index (κ2) is 5.66. The number of aromatic nitrogens is 2. The smallest absolute Gasteiger partial charge is 0.339 e. The molecule has 108 valence electrons. The van der Waals surface area contributed by atoms with Crippen molar-refractivity contribution >= 4 is 11.7 Å². The van der Waals surface area contributed by atoms with Crippen molar-refractivity contribution in [2.75, 3.05) is 0 Å². The maximum Gasteiger partial charge on any atom is 0.339 e. The third kappa shape index (κ3) is 2.86. The van der Waals surface area contributed by atoms with Crippen molar-refractivity contribution in [3.05, 3.63) is 51.8 Å². The number of hydrogen-bond acceptors (Lipinski definition) is 5. The fourth-order valence-electron chi connectivity index (χ4n) is 1.95. The second-order valence-electron chi connectivity index (χ2n) is 4.73. The van der Waals surface area contributed by atoms with Gasteiger partial charge >= 0.3 is 5.97 Å². The molecular weight excluding hydrogens is 274 g/mol. The van der Waals surface area contributed by atoms with Gasteiger partial charge in [0.1, 0.15) is 0 Å². The topological polar surface area (TPSA) is 106 Å². The van der Waals surface area contributed by atoms with Gasteiger partial charge in [-0.05, 0) is 12.0 Å². The number of carboxylic acid groups (broad SMARTS) is 1. The highest BCUT2D eigenvalue weighted by Crippen LogP contribution is 2.28. The monoisotopic (exact) mass is 287 g/mol. The van der Waals surface area contributed by atoms with Gasteiger partial charge in [-0.1, -0.05) is 26.0 Å². The number of nitro benzene ring substituents is 1. The van der Waals surface area contributed by atoms with Crippen LogP contribution < -0.4 is 0 Å². The molecule has 0 unspecified atom stereocenters. The van der Waals surface area contributed by atoms with E-state index < -0.39 is 10.9 Å². The lowest BCUT2D eigenvalue weighted by molar-refractivity contribution is -0.384. The lowest BCUT2D eigenvalue weighted by Gasteiger charge is -2.10. The van der Waals surface area contributed by atoms with Gasteiger partial charge in [0.15, 0.2) is 5.82 Å². The lowest BCUT2D eigenvalue weighted by atomic mass is 10.0. The van der Waals surface area contributed by atoms with Crippen LogP contribution in [0.4, 0.5) is 5.69 Å². The first-order chi connectivity index (χ1) is 9.91. The maximum atomic E-state index is 11.2. The summed E-state index contributed by atoms with van der Waals surface area (Å²) in [7, 11) is 0. The molecule has 0 aliphatic carbocycles. The van der Waals surface area contributed by atoms with Crippen LogP contribution in [-0.2, 0) is 0 Å². The Bertz CT molecular complexity index is 713. The summed E-state index contributed by atoms with van der Waals surface area (Å²) in [5, 5.41) is 20.2. The number of nitrogens with zero attached hydrogens (tertiary/aromatic N) is 3. The van der Waals surface area contributed by atoms with Gasteiger partial charge < -0.3 is 5.11 Å². The Morgan fingerprint density at radius 3 is 2.57 bits per heavy atom. The quantitative estimate of drug-likeness (QED) is 0.684. The number of para-hydroxylation sites is 1. The number of carboxylic acids is 1. The van der Waals surface area contributed by atoms with E-state index in [1.165, 1.54) is 18.3 Å². The number of benzene rings is 1. The van der Waals surface area contributed by atoms with Gasteiger partial charge in [-0.15, -0.1) is 0 Å². The van der Waals surface area contributed by atoms with Gasteiger partial charge in [0.2, 0.25) is 0 Å². The molecule has 0 saturated carbocycles. The van der Waals surface area contributed by atoms with Crippen molar-refractivity contribution in [1.82, 2.24) is 9.97 Å². The Balaban J connectivity index is 2.64. The number of aromatic carboxylic acids is 1. The van der Waals surface area contributed by atoms with Gasteiger partial charge in [0.25, 0.3) is 5.69 Å². The Hall–Kier alpha value is -2.83. The highest BCUT2D eigenvalue weighted by molar-refractivity contribution is 5.89. The molecule has 21 heavy (non-hydrogen) atoms. The van der Waals surface area contributed by atoms with Crippen molar-refractivity contribution < 1.29 is 14.8 Å². The SMILES string of the molecule is CC(C)c1nc(-c2ccccc2[N+](=O)[O-])ncc1C(=O)O. The summed E-state index contributed by atoms with van der Waals surface area (Å²) in [6.45, 7) is 3.61. The molecule has 2 rings (SSSR count). The summed E-state index contributed by atoms with van der Waals surface area (Å²) in [6, 6.07) is 6.10. The van der Waals surface area contributed by atoms with E-state index in [0.717, 1.165) is 0 Å². The Morgan fingerprint density at radius 2 is 2.00 bits per heavy atom. The fourth-order valence-corrected chi connectivity index (χ4v) is 1.95. The molecule has 0 fully saturated rings. The summed E-state index contributed by atoms with van der Waals surface area (Å²) in [5.74, 6) is -1.11. The van der Waals surface area contributed by atoms with Crippen LogP contribution >= 0.6 is 0 Å². The van der Waals surface area contributed by atoms with Crippen molar-refractivity contribution in [3.63, 3.8) is 0 Å². The Kier molecular flexibility index (Phi) is 3.93. The van der Waals surface area contributed by atoms with E-state index >= 15 is 0 Å². The van der Waals surface area contributed by atoms with Crippen LogP contribution in [0, 0.1) is 10.1 Å². The van der Waals surface area contributed by atoms with Crippen molar-refractivity contribution in [2.45, 2.75) is 19.8 Å². The predicted octanol–water partition coefficient (Wildman–Crippen LogP) is 2.87. The third-order valence-electron chi connectivity index (χ3n) is 2.94. The average molecular weight is 287 g/mol. The minimum absolute atomic E-state index is 0.00679. The van der Waals surface area contributed by atoms with E-state index in [1.54, 1.807) is 26.0 Å². The summed E-state index contributed by atoms with van der Waals surface area (Å²) in [6.07, 6.45) is 1.19. The normalized spacial score (nSPS) is 10.6. The zero-order valence-electron chi connectivity index (χ0n) is 11.5. The second-order valence-corrected chi connectivity index (χ2v) is 4.73. The molecule has 1 heterocycles. The number of rotatable bonds is 4. The van der Waals surface area contributed by atoms with E-state index in [0.29, 0.717) is 5.69 Å². The van der Waals surface area contributed by atoms with Crippen molar-refractivity contribution in [2.24, 2.45) is 0 Å². The predicted molar refractivity (Wildman–Crippen MR) is 75.2 cm³/mol. The molecule has 0 aliphatic heterocycles. The zero-order valence-corrected chi connectivity index (χ0v) is 11.5. The maximum absolute atomic E-state index is 11.2. The van der Waals surface area contributed by atoms with Gasteiger partial charge in [0, 0.05) is 12.3 Å². The molecule has 1 aromatic carbocycles. The van der Waals surface area contributed by atoms with Crippen molar-refractivity contribution in [3.8, 4) is 11.4 Å². The van der Waals surface area contributed by atoms with Gasteiger partial charge in [-0.2, -0.15) is 0 Å². The molecular formula is C14H13N3O4. The van der Waals surface area contributed by atoms with Crippen molar-refractivity contribution in [1.29, 1.82) is 0 Å². The molecule has 0 bridgehead atoms. The highest BCUT2D eigenvalue weighted by atomic mass is 16.6. The van der Waals surface area contributed by atoms with Crippen LogP contribution in [0.5, 0.6) is 0 Å². The van der Waals surface area contributed by atoms with Gasteiger partial charge in [-0.25, -0.2) is 14.8 Å². The first-order valence-corrected chi connectivity index (χ1v) is 6.25. The largest absolute Gasteiger partial charge is 0.478 e. The van der Waals surface area contributed by atoms with E-state index in [-0.39, 0.29) is 28.6 Å². The van der Waals surface area contributed by atoms with E-state index in [1.807, 2.05) is 0 Å². The van der Waals surface area contributed by atoms with E-state index in [2.05, 4.69) is 9.97 Å². The minimum Gasteiger partial charge on any atom is -0.478 e. The first-order valence-electron chi connectivity index (χ1n) is 6.25. The molecule has 7 nitrogen and oxygen atoms in total. The molecule has 0 aliphatic rings. The summed E-state index contributed by atoms with van der Waals surface area (Å²) >= 11 is 0. The van der Waals surface area contributed by atoms with Crippen LogP contribution in [-0.4, -0.2) is 26.0 Å². The van der Waals surface area contributed by atoms with Gasteiger partial charge in [-0.3, -0.25) is 10.1 Å². The molecule has 2 aromatic rings. The van der Waals surface area contributed by atoms with E-state index in [9.17, 15) is 14.9 Å². The molecule has 1 N–H and O–H groups in total. The van der Waals surface area contributed by atoms with Crippen LogP contribution in [0.25, 0.3) is 11.4 Å².